The van der Waals surface area contributed by atoms with Gasteiger partial charge in [-0.3, -0.25) is 0 Å². The maximum Gasteiger partial charge on any atom is 0.242 e. The van der Waals surface area contributed by atoms with Crippen LogP contribution in [-0.2, 0) is 10.0 Å². The van der Waals surface area contributed by atoms with Crippen LogP contribution in [0.4, 0.5) is 0 Å². The fourth-order valence-electron chi connectivity index (χ4n) is 1.39. The van der Waals surface area contributed by atoms with Crippen molar-refractivity contribution in [3.05, 3.63) is 27.7 Å². The van der Waals surface area contributed by atoms with E-state index in [9.17, 15) is 8.42 Å². The van der Waals surface area contributed by atoms with Crippen molar-refractivity contribution in [1.29, 1.82) is 0 Å². The minimum absolute atomic E-state index is 0.0783. The molecular weight excluding hydrogens is 342 g/mol. The average Bonchev–Trinajstić information content (AvgIpc) is 2.28. The van der Waals surface area contributed by atoms with Gasteiger partial charge in [0.1, 0.15) is 4.90 Å². The Kier molecular flexibility index (Phi) is 6.59. The van der Waals surface area contributed by atoms with Gasteiger partial charge in [-0.2, -0.15) is 0 Å². The standard InChI is InChI=1S/C11H15BrClNO3S/c12-9-4-5-11(10(13)8-9)18(16,17)14-6-2-1-3-7-15/h4-5,8,14-15H,1-3,6-7H2. The van der Waals surface area contributed by atoms with E-state index in [1.54, 1.807) is 12.1 Å². The lowest BCUT2D eigenvalue weighted by Gasteiger charge is -2.08. The zero-order chi connectivity index (χ0) is 13.6. The van der Waals surface area contributed by atoms with Gasteiger partial charge in [0.05, 0.1) is 5.02 Å². The fourth-order valence-corrected chi connectivity index (χ4v) is 3.50. The first-order chi connectivity index (χ1) is 8.47. The van der Waals surface area contributed by atoms with Gasteiger partial charge in [0.25, 0.3) is 0 Å². The topological polar surface area (TPSA) is 66.4 Å². The predicted molar refractivity (Wildman–Crippen MR) is 75.3 cm³/mol. The summed E-state index contributed by atoms with van der Waals surface area (Å²) in [6.07, 6.45) is 2.15. The van der Waals surface area contributed by atoms with Gasteiger partial charge >= 0.3 is 0 Å². The third-order valence-electron chi connectivity index (χ3n) is 2.31. The van der Waals surface area contributed by atoms with Crippen LogP contribution >= 0.6 is 27.5 Å². The van der Waals surface area contributed by atoms with Crippen LogP contribution in [0.15, 0.2) is 27.6 Å². The molecule has 0 saturated heterocycles. The van der Waals surface area contributed by atoms with Crippen LogP contribution in [0.2, 0.25) is 5.02 Å². The number of rotatable bonds is 7. The Hall–Kier alpha value is -0.140. The summed E-state index contributed by atoms with van der Waals surface area (Å²) in [5.41, 5.74) is 0. The SMILES string of the molecule is O=S(=O)(NCCCCCO)c1ccc(Br)cc1Cl. The molecule has 0 aromatic heterocycles. The number of hydrogen-bond acceptors (Lipinski definition) is 3. The Morgan fingerprint density at radius 2 is 2.00 bits per heavy atom. The molecule has 0 aliphatic heterocycles. The largest absolute Gasteiger partial charge is 0.396 e. The number of aliphatic hydroxyl groups is 1. The second-order valence-electron chi connectivity index (χ2n) is 3.76. The molecule has 0 unspecified atom stereocenters. The van der Waals surface area contributed by atoms with Crippen LogP contribution in [0.3, 0.4) is 0 Å². The quantitative estimate of drug-likeness (QED) is 0.738. The highest BCUT2D eigenvalue weighted by atomic mass is 79.9. The first-order valence-electron chi connectivity index (χ1n) is 5.53. The summed E-state index contributed by atoms with van der Waals surface area (Å²) in [6.45, 7) is 0.472. The molecule has 0 spiro atoms. The van der Waals surface area contributed by atoms with E-state index >= 15 is 0 Å². The van der Waals surface area contributed by atoms with Crippen LogP contribution in [0.5, 0.6) is 0 Å². The normalized spacial score (nSPS) is 11.7. The van der Waals surface area contributed by atoms with E-state index in [1.165, 1.54) is 6.07 Å². The Labute approximate surface area is 121 Å². The molecule has 0 bridgehead atoms. The van der Waals surface area contributed by atoms with Crippen molar-refractivity contribution in [2.45, 2.75) is 24.2 Å². The molecule has 102 valence electrons. The third kappa shape index (κ3) is 4.85. The molecule has 7 heteroatoms. The van der Waals surface area contributed by atoms with Gasteiger partial charge in [0.2, 0.25) is 10.0 Å². The summed E-state index contributed by atoms with van der Waals surface area (Å²) < 4.78 is 27.1. The maximum atomic E-state index is 11.9. The van der Waals surface area contributed by atoms with Gasteiger partial charge < -0.3 is 5.11 Å². The number of benzene rings is 1. The third-order valence-corrected chi connectivity index (χ3v) is 4.75. The van der Waals surface area contributed by atoms with Gasteiger partial charge in [-0.25, -0.2) is 13.1 Å². The van der Waals surface area contributed by atoms with E-state index in [4.69, 9.17) is 16.7 Å². The van der Waals surface area contributed by atoms with Crippen molar-refractivity contribution in [2.24, 2.45) is 0 Å². The van der Waals surface area contributed by atoms with Crippen molar-refractivity contribution < 1.29 is 13.5 Å². The predicted octanol–water partition coefficient (Wildman–Crippen LogP) is 2.54. The molecule has 0 aliphatic carbocycles. The van der Waals surface area contributed by atoms with Crippen LogP contribution in [0.1, 0.15) is 19.3 Å². The fraction of sp³-hybridized carbons (Fsp3) is 0.455. The molecule has 0 amide bonds. The molecule has 0 aliphatic rings. The number of nitrogens with one attached hydrogen (secondary N) is 1. The molecular formula is C11H15BrClNO3S. The number of hydrogen-bond donors (Lipinski definition) is 2. The van der Waals surface area contributed by atoms with Gasteiger partial charge in [-0.1, -0.05) is 27.5 Å². The number of sulfonamides is 1. The van der Waals surface area contributed by atoms with Gasteiger partial charge in [0, 0.05) is 17.6 Å². The highest BCUT2D eigenvalue weighted by Crippen LogP contribution is 2.24. The molecule has 0 heterocycles. The van der Waals surface area contributed by atoms with Gasteiger partial charge in [-0.15, -0.1) is 0 Å². The van der Waals surface area contributed by atoms with Crippen molar-refractivity contribution in [1.82, 2.24) is 4.72 Å². The minimum Gasteiger partial charge on any atom is -0.396 e. The lowest BCUT2D eigenvalue weighted by molar-refractivity contribution is 0.283. The Morgan fingerprint density at radius 1 is 1.28 bits per heavy atom. The van der Waals surface area contributed by atoms with Crippen molar-refractivity contribution in [3.63, 3.8) is 0 Å². The van der Waals surface area contributed by atoms with Crippen molar-refractivity contribution in [2.75, 3.05) is 13.2 Å². The summed E-state index contributed by atoms with van der Waals surface area (Å²) in [7, 11) is -3.56. The molecule has 0 fully saturated rings. The summed E-state index contributed by atoms with van der Waals surface area (Å²) in [5.74, 6) is 0. The first kappa shape index (κ1) is 15.9. The maximum absolute atomic E-state index is 11.9. The van der Waals surface area contributed by atoms with Gasteiger partial charge in [0.15, 0.2) is 0 Å². The zero-order valence-corrected chi connectivity index (χ0v) is 12.9. The summed E-state index contributed by atoms with van der Waals surface area (Å²) >= 11 is 9.12. The summed E-state index contributed by atoms with van der Waals surface area (Å²) in [4.78, 5) is 0.0783. The van der Waals surface area contributed by atoms with Crippen LogP contribution in [0.25, 0.3) is 0 Å². The smallest absolute Gasteiger partial charge is 0.242 e. The lowest BCUT2D eigenvalue weighted by Crippen LogP contribution is -2.25. The summed E-state index contributed by atoms with van der Waals surface area (Å²) in [6, 6.07) is 4.64. The molecule has 18 heavy (non-hydrogen) atoms. The first-order valence-corrected chi connectivity index (χ1v) is 8.18. The average molecular weight is 357 g/mol. The Morgan fingerprint density at radius 3 is 2.61 bits per heavy atom. The molecule has 1 aromatic rings. The van der Waals surface area contributed by atoms with E-state index in [2.05, 4.69) is 20.7 Å². The van der Waals surface area contributed by atoms with Crippen LogP contribution in [-0.4, -0.2) is 26.7 Å². The Bertz CT molecular complexity index is 493. The highest BCUT2D eigenvalue weighted by Gasteiger charge is 2.17. The number of aliphatic hydroxyl groups excluding tert-OH is 1. The number of unbranched alkanes of at least 4 members (excludes halogenated alkanes) is 2. The van der Waals surface area contributed by atoms with Crippen LogP contribution < -0.4 is 4.72 Å². The number of halogens is 2. The van der Waals surface area contributed by atoms with E-state index in [1.807, 2.05) is 0 Å². The second-order valence-corrected chi connectivity index (χ2v) is 6.82. The van der Waals surface area contributed by atoms with Gasteiger partial charge in [-0.05, 0) is 37.5 Å². The van der Waals surface area contributed by atoms with E-state index < -0.39 is 10.0 Å². The van der Waals surface area contributed by atoms with Crippen molar-refractivity contribution in [3.8, 4) is 0 Å². The zero-order valence-electron chi connectivity index (χ0n) is 9.70. The molecule has 1 aromatic carbocycles. The lowest BCUT2D eigenvalue weighted by atomic mass is 10.2. The molecule has 4 nitrogen and oxygen atoms in total. The van der Waals surface area contributed by atoms with E-state index in [-0.39, 0.29) is 16.5 Å². The monoisotopic (exact) mass is 355 g/mol. The van der Waals surface area contributed by atoms with Crippen molar-refractivity contribution >= 4 is 37.6 Å². The molecule has 0 radical (unpaired) electrons. The Balaban J connectivity index is 2.63. The molecule has 0 atom stereocenters. The second kappa shape index (κ2) is 7.45. The van der Waals surface area contributed by atoms with E-state index in [0.717, 1.165) is 10.9 Å². The molecule has 2 N–H and O–H groups in total. The van der Waals surface area contributed by atoms with E-state index in [0.29, 0.717) is 19.4 Å². The highest BCUT2D eigenvalue weighted by molar-refractivity contribution is 9.10. The minimum atomic E-state index is -3.56. The summed E-state index contributed by atoms with van der Waals surface area (Å²) in [5, 5.41) is 8.79. The molecule has 1 rings (SSSR count). The molecule has 0 saturated carbocycles. The van der Waals surface area contributed by atoms with Crippen LogP contribution in [0, 0.1) is 0 Å².